The van der Waals surface area contributed by atoms with Gasteiger partial charge in [0.25, 0.3) is 0 Å². The molecule has 2 fully saturated rings. The van der Waals surface area contributed by atoms with Gasteiger partial charge >= 0.3 is 0 Å². The van der Waals surface area contributed by atoms with Crippen molar-refractivity contribution in [2.24, 2.45) is 0 Å². The third kappa shape index (κ3) is 3.72. The Balaban J connectivity index is 1.86. The van der Waals surface area contributed by atoms with Crippen LogP contribution in [0.2, 0.25) is 0 Å². The molecule has 2 bridgehead atoms. The standard InChI is InChI=1S/C16H23FN2O4S/c1-22-8-9-23-15-5-2-12(17)10-16(15)24(20,21)19-7-6-13-3-4-14(11-19)18-13/h2,5,10,13-14,18H,3-4,6-9,11H2,1H3. The number of sulfonamides is 1. The largest absolute Gasteiger partial charge is 0.490 e. The van der Waals surface area contributed by atoms with Crippen LogP contribution in [0.1, 0.15) is 19.3 Å². The fraction of sp³-hybridized carbons (Fsp3) is 0.625. The first-order valence-corrected chi connectivity index (χ1v) is 9.62. The molecule has 8 heteroatoms. The highest BCUT2D eigenvalue weighted by atomic mass is 32.2. The number of methoxy groups -OCH3 is 1. The van der Waals surface area contributed by atoms with Crippen LogP contribution in [0.4, 0.5) is 4.39 Å². The average Bonchev–Trinajstić information content (AvgIpc) is 2.87. The maximum Gasteiger partial charge on any atom is 0.246 e. The van der Waals surface area contributed by atoms with Gasteiger partial charge in [-0.05, 0) is 37.5 Å². The van der Waals surface area contributed by atoms with Crippen LogP contribution in [-0.2, 0) is 14.8 Å². The Bertz CT molecular complexity index is 683. The zero-order valence-corrected chi connectivity index (χ0v) is 14.5. The lowest BCUT2D eigenvalue weighted by molar-refractivity contribution is 0.144. The minimum absolute atomic E-state index is 0.114. The van der Waals surface area contributed by atoms with Crippen LogP contribution >= 0.6 is 0 Å². The van der Waals surface area contributed by atoms with Gasteiger partial charge in [0.05, 0.1) is 6.61 Å². The summed E-state index contributed by atoms with van der Waals surface area (Å²) < 4.78 is 51.6. The third-order valence-electron chi connectivity index (χ3n) is 4.55. The molecular formula is C16H23FN2O4S. The predicted octanol–water partition coefficient (Wildman–Crippen LogP) is 1.37. The van der Waals surface area contributed by atoms with Crippen LogP contribution in [-0.4, -0.2) is 58.2 Å². The molecule has 2 aliphatic heterocycles. The van der Waals surface area contributed by atoms with Crippen LogP contribution in [0.3, 0.4) is 0 Å². The van der Waals surface area contributed by atoms with E-state index in [4.69, 9.17) is 9.47 Å². The highest BCUT2D eigenvalue weighted by Gasteiger charge is 2.36. The third-order valence-corrected chi connectivity index (χ3v) is 6.44. The van der Waals surface area contributed by atoms with E-state index in [9.17, 15) is 12.8 Å². The number of halogens is 1. The molecule has 0 aliphatic carbocycles. The van der Waals surface area contributed by atoms with Crippen molar-refractivity contribution in [3.8, 4) is 5.75 Å². The Morgan fingerprint density at radius 2 is 2.04 bits per heavy atom. The number of benzene rings is 1. The molecular weight excluding hydrogens is 335 g/mol. The molecule has 6 nitrogen and oxygen atoms in total. The minimum Gasteiger partial charge on any atom is -0.490 e. The molecule has 3 rings (SSSR count). The van der Waals surface area contributed by atoms with Gasteiger partial charge in [-0.2, -0.15) is 4.31 Å². The second-order valence-corrected chi connectivity index (χ2v) is 8.13. The summed E-state index contributed by atoms with van der Waals surface area (Å²) >= 11 is 0. The van der Waals surface area contributed by atoms with E-state index in [-0.39, 0.29) is 23.3 Å². The Kier molecular flexibility index (Phi) is 5.39. The van der Waals surface area contributed by atoms with Gasteiger partial charge in [0.2, 0.25) is 10.0 Å². The van der Waals surface area contributed by atoms with Gasteiger partial charge in [-0.1, -0.05) is 0 Å². The normalized spacial score (nSPS) is 24.8. The molecule has 2 atom stereocenters. The van der Waals surface area contributed by atoms with Gasteiger partial charge in [-0.3, -0.25) is 0 Å². The zero-order valence-electron chi connectivity index (χ0n) is 13.7. The van der Waals surface area contributed by atoms with Crippen molar-refractivity contribution in [1.29, 1.82) is 0 Å². The fourth-order valence-corrected chi connectivity index (χ4v) is 4.95. The topological polar surface area (TPSA) is 67.9 Å². The molecule has 0 spiro atoms. The molecule has 1 N–H and O–H groups in total. The van der Waals surface area contributed by atoms with E-state index in [2.05, 4.69) is 5.32 Å². The van der Waals surface area contributed by atoms with Gasteiger partial charge in [-0.25, -0.2) is 12.8 Å². The first kappa shape index (κ1) is 17.6. The Labute approximate surface area is 142 Å². The van der Waals surface area contributed by atoms with Crippen molar-refractivity contribution in [2.75, 3.05) is 33.4 Å². The second-order valence-electron chi connectivity index (χ2n) is 6.22. The van der Waals surface area contributed by atoms with Gasteiger partial charge in [0.1, 0.15) is 23.1 Å². The van der Waals surface area contributed by atoms with Crippen molar-refractivity contribution < 1.29 is 22.3 Å². The van der Waals surface area contributed by atoms with E-state index in [0.717, 1.165) is 25.3 Å². The number of rotatable bonds is 6. The summed E-state index contributed by atoms with van der Waals surface area (Å²) in [5.74, 6) is -0.432. The van der Waals surface area contributed by atoms with Gasteiger partial charge in [-0.15, -0.1) is 0 Å². The van der Waals surface area contributed by atoms with E-state index in [0.29, 0.717) is 25.7 Å². The van der Waals surface area contributed by atoms with E-state index < -0.39 is 15.8 Å². The average molecular weight is 358 g/mol. The second kappa shape index (κ2) is 7.35. The number of hydrogen-bond donors (Lipinski definition) is 1. The summed E-state index contributed by atoms with van der Waals surface area (Å²) in [6, 6.07) is 4.14. The minimum atomic E-state index is -3.81. The summed E-state index contributed by atoms with van der Waals surface area (Å²) in [7, 11) is -2.28. The quantitative estimate of drug-likeness (QED) is 0.778. The molecule has 1 aromatic rings. The zero-order chi connectivity index (χ0) is 17.2. The Hall–Kier alpha value is -1.22. The summed E-state index contributed by atoms with van der Waals surface area (Å²) in [6.07, 6.45) is 2.83. The molecule has 2 aliphatic rings. The van der Waals surface area contributed by atoms with Gasteiger partial charge in [0, 0.05) is 32.3 Å². The van der Waals surface area contributed by atoms with Gasteiger partial charge in [0.15, 0.2) is 0 Å². The SMILES string of the molecule is COCCOc1ccc(F)cc1S(=O)(=O)N1CCC2CCC(C1)N2. The molecule has 24 heavy (non-hydrogen) atoms. The van der Waals surface area contributed by atoms with E-state index in [1.165, 1.54) is 23.5 Å². The van der Waals surface area contributed by atoms with Crippen LogP contribution in [0.5, 0.6) is 5.75 Å². The first-order chi connectivity index (χ1) is 11.5. The van der Waals surface area contributed by atoms with Crippen LogP contribution in [0, 0.1) is 5.82 Å². The maximum absolute atomic E-state index is 13.7. The van der Waals surface area contributed by atoms with E-state index in [1.807, 2.05) is 0 Å². The maximum atomic E-state index is 13.7. The van der Waals surface area contributed by atoms with Crippen molar-refractivity contribution in [1.82, 2.24) is 9.62 Å². The lowest BCUT2D eigenvalue weighted by atomic mass is 10.1. The number of nitrogens with one attached hydrogen (secondary N) is 1. The van der Waals surface area contributed by atoms with E-state index in [1.54, 1.807) is 0 Å². The molecule has 2 heterocycles. The summed E-state index contributed by atoms with van der Waals surface area (Å²) in [5, 5.41) is 3.45. The van der Waals surface area contributed by atoms with Crippen LogP contribution in [0.25, 0.3) is 0 Å². The van der Waals surface area contributed by atoms with Crippen molar-refractivity contribution >= 4 is 10.0 Å². The molecule has 0 saturated carbocycles. The van der Waals surface area contributed by atoms with E-state index >= 15 is 0 Å². The molecule has 2 saturated heterocycles. The number of ether oxygens (including phenoxy) is 2. The van der Waals surface area contributed by atoms with Crippen LogP contribution in [0.15, 0.2) is 23.1 Å². The summed E-state index contributed by atoms with van der Waals surface area (Å²) in [6.45, 7) is 1.38. The molecule has 0 aromatic heterocycles. The molecule has 2 unspecified atom stereocenters. The van der Waals surface area contributed by atoms with Crippen molar-refractivity contribution in [2.45, 2.75) is 36.2 Å². The Morgan fingerprint density at radius 3 is 2.83 bits per heavy atom. The molecule has 134 valence electrons. The Morgan fingerprint density at radius 1 is 1.25 bits per heavy atom. The highest BCUT2D eigenvalue weighted by Crippen LogP contribution is 2.30. The summed E-state index contributed by atoms with van der Waals surface area (Å²) in [5.41, 5.74) is 0. The van der Waals surface area contributed by atoms with Crippen LogP contribution < -0.4 is 10.1 Å². The number of fused-ring (bicyclic) bond motifs is 2. The number of hydrogen-bond acceptors (Lipinski definition) is 5. The molecule has 1 aromatic carbocycles. The fourth-order valence-electron chi connectivity index (χ4n) is 3.31. The highest BCUT2D eigenvalue weighted by molar-refractivity contribution is 7.89. The monoisotopic (exact) mass is 358 g/mol. The van der Waals surface area contributed by atoms with Crippen molar-refractivity contribution in [3.05, 3.63) is 24.0 Å². The lowest BCUT2D eigenvalue weighted by Crippen LogP contribution is -2.39. The summed E-state index contributed by atoms with van der Waals surface area (Å²) in [4.78, 5) is -0.114. The smallest absolute Gasteiger partial charge is 0.246 e. The number of nitrogens with zero attached hydrogens (tertiary/aromatic N) is 1. The predicted molar refractivity (Wildman–Crippen MR) is 87.1 cm³/mol. The molecule has 0 radical (unpaired) electrons. The first-order valence-electron chi connectivity index (χ1n) is 8.18. The molecule has 0 amide bonds. The van der Waals surface area contributed by atoms with Crippen molar-refractivity contribution in [3.63, 3.8) is 0 Å². The van der Waals surface area contributed by atoms with Gasteiger partial charge < -0.3 is 14.8 Å². The lowest BCUT2D eigenvalue weighted by Gasteiger charge is -2.24.